The first kappa shape index (κ1) is 23.5. The zero-order chi connectivity index (χ0) is 25.9. The molecule has 1 aliphatic carbocycles. The molecule has 0 spiro atoms. The number of carbonyl (C=O) groups is 1. The van der Waals surface area contributed by atoms with Crippen LogP contribution in [0.25, 0.3) is 16.3 Å². The van der Waals surface area contributed by atoms with Gasteiger partial charge in [-0.15, -0.1) is 0 Å². The second-order valence-electron chi connectivity index (χ2n) is 9.41. The van der Waals surface area contributed by atoms with Crippen molar-refractivity contribution in [3.05, 3.63) is 107 Å². The van der Waals surface area contributed by atoms with E-state index in [1.54, 1.807) is 19.2 Å². The topological polar surface area (TPSA) is 84.5 Å². The van der Waals surface area contributed by atoms with E-state index < -0.39 is 15.9 Å². The van der Waals surface area contributed by atoms with Gasteiger partial charge in [-0.2, -0.15) is 0 Å². The maximum Gasteiger partial charge on any atom is 0.240 e. The number of anilines is 1. The molecule has 7 heteroatoms. The number of hydrogen-bond acceptors (Lipinski definition) is 4. The third-order valence-corrected chi connectivity index (χ3v) is 9.02. The summed E-state index contributed by atoms with van der Waals surface area (Å²) in [6.45, 7) is 2.08. The van der Waals surface area contributed by atoms with E-state index in [0.717, 1.165) is 44.4 Å². The van der Waals surface area contributed by atoms with Crippen LogP contribution < -0.4 is 14.8 Å². The SMILES string of the molecule is CNS(=O)(=O)c1ccc2c(c1)C(C1C(C)=C(c3ccc(OC)c4ccccc34)c3ccccc31)C(=O)N2. The standard InChI is InChI=1S/C30H26N2O4S/c1-17-27(23-13-15-26(36-3)20-9-5-4-8-19(20)23)21-10-6-7-11-22(21)28(17)29-24-16-18(37(34,35)31-2)12-14-25(24)32-30(29)33/h4-16,28-29,31H,1-3H3,(H,32,33). The molecule has 2 unspecified atom stereocenters. The summed E-state index contributed by atoms with van der Waals surface area (Å²) in [7, 11) is -0.600. The summed E-state index contributed by atoms with van der Waals surface area (Å²) < 4.78 is 33.1. The van der Waals surface area contributed by atoms with Crippen molar-refractivity contribution in [3.8, 4) is 5.75 Å². The monoisotopic (exact) mass is 510 g/mol. The smallest absolute Gasteiger partial charge is 0.240 e. The summed E-state index contributed by atoms with van der Waals surface area (Å²) in [4.78, 5) is 13.6. The van der Waals surface area contributed by atoms with Crippen molar-refractivity contribution in [2.24, 2.45) is 0 Å². The Kier molecular flexibility index (Phi) is 5.44. The lowest BCUT2D eigenvalue weighted by Gasteiger charge is -2.21. The molecule has 2 N–H and O–H groups in total. The van der Waals surface area contributed by atoms with Gasteiger partial charge in [-0.3, -0.25) is 4.79 Å². The predicted octanol–water partition coefficient (Wildman–Crippen LogP) is 5.41. The van der Waals surface area contributed by atoms with Gasteiger partial charge < -0.3 is 10.1 Å². The number of carbonyl (C=O) groups excluding carboxylic acids is 1. The van der Waals surface area contributed by atoms with E-state index in [2.05, 4.69) is 47.3 Å². The lowest BCUT2D eigenvalue weighted by Crippen LogP contribution is -2.20. The van der Waals surface area contributed by atoms with Gasteiger partial charge in [-0.25, -0.2) is 13.1 Å². The highest BCUT2D eigenvalue weighted by Gasteiger charge is 2.43. The lowest BCUT2D eigenvalue weighted by atomic mass is 9.80. The van der Waals surface area contributed by atoms with Crippen LogP contribution >= 0.6 is 0 Å². The number of amides is 1. The van der Waals surface area contributed by atoms with E-state index in [-0.39, 0.29) is 16.7 Å². The zero-order valence-corrected chi connectivity index (χ0v) is 21.5. The predicted molar refractivity (Wildman–Crippen MR) is 145 cm³/mol. The minimum Gasteiger partial charge on any atom is -0.496 e. The number of fused-ring (bicyclic) bond motifs is 3. The Labute approximate surface area is 216 Å². The Hall–Kier alpha value is -3.94. The van der Waals surface area contributed by atoms with Crippen LogP contribution in [0.3, 0.4) is 0 Å². The van der Waals surface area contributed by atoms with Gasteiger partial charge >= 0.3 is 0 Å². The van der Waals surface area contributed by atoms with Gasteiger partial charge in [0.05, 0.1) is 17.9 Å². The highest BCUT2D eigenvalue weighted by atomic mass is 32.2. The molecule has 6 nitrogen and oxygen atoms in total. The van der Waals surface area contributed by atoms with Gasteiger partial charge in [0.25, 0.3) is 0 Å². The van der Waals surface area contributed by atoms with Crippen molar-refractivity contribution < 1.29 is 17.9 Å². The molecule has 2 atom stereocenters. The van der Waals surface area contributed by atoms with Crippen molar-refractivity contribution >= 4 is 38.0 Å². The van der Waals surface area contributed by atoms with Crippen LogP contribution in [0.15, 0.2) is 89.3 Å². The maximum atomic E-state index is 13.4. The normalized spacial score (nSPS) is 18.6. The molecule has 1 amide bonds. The Balaban J connectivity index is 1.58. The lowest BCUT2D eigenvalue weighted by molar-refractivity contribution is -0.117. The van der Waals surface area contributed by atoms with Crippen molar-refractivity contribution in [2.75, 3.05) is 19.5 Å². The van der Waals surface area contributed by atoms with E-state index in [9.17, 15) is 13.2 Å². The number of ether oxygens (including phenoxy) is 1. The first-order valence-electron chi connectivity index (χ1n) is 12.1. The molecule has 0 bridgehead atoms. The van der Waals surface area contributed by atoms with Gasteiger partial charge in [-0.05, 0) is 71.5 Å². The number of sulfonamides is 1. The number of nitrogens with one attached hydrogen (secondary N) is 2. The van der Waals surface area contributed by atoms with Gasteiger partial charge in [-0.1, -0.05) is 60.2 Å². The summed E-state index contributed by atoms with van der Waals surface area (Å²) in [6, 6.07) is 25.2. The number of allylic oxidation sites excluding steroid dienone is 1. The first-order chi connectivity index (χ1) is 17.9. The molecule has 4 aromatic carbocycles. The molecule has 0 aromatic heterocycles. The molecule has 1 heterocycles. The molecule has 37 heavy (non-hydrogen) atoms. The fraction of sp³-hybridized carbons (Fsp3) is 0.167. The van der Waals surface area contributed by atoms with Crippen molar-refractivity contribution in [1.29, 1.82) is 0 Å². The second-order valence-corrected chi connectivity index (χ2v) is 11.3. The second kappa shape index (κ2) is 8.57. The number of rotatable bonds is 5. The Morgan fingerprint density at radius 1 is 0.838 bits per heavy atom. The largest absolute Gasteiger partial charge is 0.496 e. The molecule has 4 aromatic rings. The Morgan fingerprint density at radius 2 is 1.57 bits per heavy atom. The molecule has 186 valence electrons. The molecule has 0 radical (unpaired) electrons. The molecule has 2 aliphatic rings. The van der Waals surface area contributed by atoms with Crippen LogP contribution in [0.5, 0.6) is 5.75 Å². The first-order valence-corrected chi connectivity index (χ1v) is 13.6. The van der Waals surface area contributed by atoms with E-state index in [1.807, 2.05) is 30.3 Å². The molecule has 0 saturated heterocycles. The summed E-state index contributed by atoms with van der Waals surface area (Å²) in [5.74, 6) is -0.108. The van der Waals surface area contributed by atoms with Crippen LogP contribution in [0.2, 0.25) is 0 Å². The molecule has 0 saturated carbocycles. The molecular formula is C30H26N2O4S. The van der Waals surface area contributed by atoms with Crippen LogP contribution in [0.4, 0.5) is 5.69 Å². The fourth-order valence-corrected chi connectivity index (χ4v) is 6.70. The molecular weight excluding hydrogens is 484 g/mol. The summed E-state index contributed by atoms with van der Waals surface area (Å²) in [5.41, 5.74) is 6.74. The highest BCUT2D eigenvalue weighted by Crippen LogP contribution is 2.54. The Bertz CT molecular complexity index is 1740. The van der Waals surface area contributed by atoms with Gasteiger partial charge in [0.1, 0.15) is 5.75 Å². The maximum absolute atomic E-state index is 13.4. The third-order valence-electron chi connectivity index (χ3n) is 7.61. The van der Waals surface area contributed by atoms with E-state index in [1.165, 1.54) is 13.1 Å². The van der Waals surface area contributed by atoms with Crippen LogP contribution in [-0.2, 0) is 14.8 Å². The van der Waals surface area contributed by atoms with E-state index in [4.69, 9.17) is 4.74 Å². The molecule has 1 aliphatic heterocycles. The summed E-state index contributed by atoms with van der Waals surface area (Å²) in [5, 5.41) is 5.08. The average Bonchev–Trinajstić information content (AvgIpc) is 3.39. The van der Waals surface area contributed by atoms with Crippen molar-refractivity contribution in [2.45, 2.75) is 23.7 Å². The Morgan fingerprint density at radius 3 is 2.32 bits per heavy atom. The van der Waals surface area contributed by atoms with Crippen molar-refractivity contribution in [1.82, 2.24) is 4.72 Å². The third kappa shape index (κ3) is 3.49. The zero-order valence-electron chi connectivity index (χ0n) is 20.7. The highest BCUT2D eigenvalue weighted by molar-refractivity contribution is 7.89. The minimum absolute atomic E-state index is 0.131. The summed E-state index contributed by atoms with van der Waals surface area (Å²) >= 11 is 0. The van der Waals surface area contributed by atoms with Gasteiger partial charge in [0.15, 0.2) is 0 Å². The van der Waals surface area contributed by atoms with Crippen molar-refractivity contribution in [3.63, 3.8) is 0 Å². The molecule has 0 fully saturated rings. The van der Waals surface area contributed by atoms with Crippen LogP contribution in [-0.4, -0.2) is 28.5 Å². The molecule has 6 rings (SSSR count). The quantitative estimate of drug-likeness (QED) is 0.376. The van der Waals surface area contributed by atoms with E-state index in [0.29, 0.717) is 11.3 Å². The number of hydrogen-bond donors (Lipinski definition) is 2. The minimum atomic E-state index is -3.66. The van der Waals surface area contributed by atoms with Gasteiger partial charge in [0.2, 0.25) is 15.9 Å². The fourth-order valence-electron chi connectivity index (χ4n) is 5.93. The number of methoxy groups -OCH3 is 1. The van der Waals surface area contributed by atoms with Crippen LogP contribution in [0, 0.1) is 0 Å². The van der Waals surface area contributed by atoms with Gasteiger partial charge in [0, 0.05) is 17.0 Å². The average molecular weight is 511 g/mol. The summed E-state index contributed by atoms with van der Waals surface area (Å²) in [6.07, 6.45) is 0. The van der Waals surface area contributed by atoms with Crippen LogP contribution in [0.1, 0.15) is 41.0 Å². The van der Waals surface area contributed by atoms with E-state index >= 15 is 0 Å². The number of benzene rings is 4.